The SMILES string of the molecule is Fc1ncccn1.[Pt]. The molecule has 1 heterocycles. The van der Waals surface area contributed by atoms with Gasteiger partial charge in [-0.3, -0.25) is 0 Å². The largest absolute Gasteiger partial charge is 0.308 e. The van der Waals surface area contributed by atoms with Crippen LogP contribution < -0.4 is 0 Å². The molecule has 1 aromatic heterocycles. The Hall–Kier alpha value is -0.302. The van der Waals surface area contributed by atoms with Crippen LogP contribution in [0, 0.1) is 6.08 Å². The second kappa shape index (κ2) is 3.67. The molecule has 0 saturated carbocycles. The molecule has 0 atom stereocenters. The van der Waals surface area contributed by atoms with Gasteiger partial charge in [0.1, 0.15) is 0 Å². The van der Waals surface area contributed by atoms with Gasteiger partial charge in [-0.05, 0) is 6.07 Å². The molecule has 0 aliphatic heterocycles. The first-order valence-electron chi connectivity index (χ1n) is 1.82. The summed E-state index contributed by atoms with van der Waals surface area (Å²) in [6, 6.07) is 1.56. The fraction of sp³-hybridized carbons (Fsp3) is 0. The van der Waals surface area contributed by atoms with Crippen molar-refractivity contribution >= 4 is 0 Å². The molecule has 0 aromatic carbocycles. The van der Waals surface area contributed by atoms with Gasteiger partial charge >= 0.3 is 6.08 Å². The fourth-order valence-electron chi connectivity index (χ4n) is 0.281. The van der Waals surface area contributed by atoms with E-state index < -0.39 is 6.08 Å². The van der Waals surface area contributed by atoms with Crippen molar-refractivity contribution in [3.63, 3.8) is 0 Å². The van der Waals surface area contributed by atoms with Gasteiger partial charge in [-0.15, -0.1) is 0 Å². The third-order valence-electron chi connectivity index (χ3n) is 0.534. The average molecular weight is 293 g/mol. The molecule has 0 aliphatic rings. The van der Waals surface area contributed by atoms with Crippen molar-refractivity contribution in [1.29, 1.82) is 0 Å². The van der Waals surface area contributed by atoms with Crippen LogP contribution in [0.25, 0.3) is 0 Å². The van der Waals surface area contributed by atoms with Gasteiger partial charge in [-0.25, -0.2) is 9.97 Å². The molecule has 0 unspecified atom stereocenters. The third-order valence-corrected chi connectivity index (χ3v) is 0.534. The van der Waals surface area contributed by atoms with Crippen LogP contribution in [0.4, 0.5) is 4.39 Å². The van der Waals surface area contributed by atoms with Gasteiger partial charge in [0.05, 0.1) is 0 Å². The van der Waals surface area contributed by atoms with Gasteiger partial charge in [0.2, 0.25) is 0 Å². The van der Waals surface area contributed by atoms with E-state index in [2.05, 4.69) is 9.97 Å². The van der Waals surface area contributed by atoms with Crippen LogP contribution >= 0.6 is 0 Å². The molecule has 2 nitrogen and oxygen atoms in total. The second-order valence-corrected chi connectivity index (χ2v) is 1.02. The van der Waals surface area contributed by atoms with E-state index in [0.717, 1.165) is 0 Å². The smallest absolute Gasteiger partial charge is 0.211 e. The molecular weight excluding hydrogens is 290 g/mol. The average Bonchev–Trinajstić information content (AvgIpc) is 1.69. The fourth-order valence-corrected chi connectivity index (χ4v) is 0.281. The maximum atomic E-state index is 11.7. The Morgan fingerprint density at radius 1 is 1.25 bits per heavy atom. The molecule has 46 valence electrons. The molecule has 8 heavy (non-hydrogen) atoms. The van der Waals surface area contributed by atoms with Crippen molar-refractivity contribution in [2.45, 2.75) is 0 Å². The number of hydrogen-bond acceptors (Lipinski definition) is 2. The Bertz CT molecular complexity index is 144. The molecule has 0 fully saturated rings. The van der Waals surface area contributed by atoms with Crippen molar-refractivity contribution in [2.75, 3.05) is 0 Å². The first-order valence-corrected chi connectivity index (χ1v) is 1.82. The number of aromatic nitrogens is 2. The maximum Gasteiger partial charge on any atom is 0.308 e. The van der Waals surface area contributed by atoms with Crippen LogP contribution in [0.15, 0.2) is 18.5 Å². The molecule has 1 aromatic rings. The summed E-state index contributed by atoms with van der Waals surface area (Å²) >= 11 is 0. The number of halogens is 1. The van der Waals surface area contributed by atoms with E-state index in [-0.39, 0.29) is 21.1 Å². The van der Waals surface area contributed by atoms with E-state index in [9.17, 15) is 4.39 Å². The monoisotopic (exact) mass is 293 g/mol. The summed E-state index contributed by atoms with van der Waals surface area (Å²) in [6.45, 7) is 0. The molecule has 0 aliphatic carbocycles. The van der Waals surface area contributed by atoms with Gasteiger partial charge in [0.15, 0.2) is 0 Å². The molecule has 4 heteroatoms. The first-order chi connectivity index (χ1) is 3.39. The standard InChI is InChI=1S/C4H3FN2.Pt/c5-4-6-2-1-3-7-4;/h1-3H;. The maximum absolute atomic E-state index is 11.7. The Balaban J connectivity index is 0.000000490. The predicted molar refractivity (Wildman–Crippen MR) is 22.0 cm³/mol. The number of hydrogen-bond donors (Lipinski definition) is 0. The molecule has 0 bridgehead atoms. The van der Waals surface area contributed by atoms with Gasteiger partial charge < -0.3 is 0 Å². The van der Waals surface area contributed by atoms with E-state index in [1.165, 1.54) is 12.4 Å². The minimum absolute atomic E-state index is 0. The Labute approximate surface area is 60.4 Å². The first kappa shape index (κ1) is 7.70. The van der Waals surface area contributed by atoms with E-state index in [4.69, 9.17) is 0 Å². The minimum Gasteiger partial charge on any atom is -0.211 e. The van der Waals surface area contributed by atoms with E-state index in [0.29, 0.717) is 0 Å². The van der Waals surface area contributed by atoms with Crippen LogP contribution in [0.1, 0.15) is 0 Å². The van der Waals surface area contributed by atoms with Crippen molar-refractivity contribution in [3.8, 4) is 0 Å². The van der Waals surface area contributed by atoms with Crippen molar-refractivity contribution in [2.24, 2.45) is 0 Å². The summed E-state index contributed by atoms with van der Waals surface area (Å²) in [7, 11) is 0. The minimum atomic E-state index is -0.678. The molecule has 0 saturated heterocycles. The Morgan fingerprint density at radius 2 is 1.75 bits per heavy atom. The Kier molecular flexibility index (Phi) is 3.53. The van der Waals surface area contributed by atoms with Gasteiger partial charge in [0, 0.05) is 33.5 Å². The van der Waals surface area contributed by atoms with Crippen molar-refractivity contribution in [1.82, 2.24) is 9.97 Å². The van der Waals surface area contributed by atoms with Crippen LogP contribution in [0.3, 0.4) is 0 Å². The van der Waals surface area contributed by atoms with Crippen LogP contribution in [0.5, 0.6) is 0 Å². The molecule has 0 spiro atoms. The zero-order valence-corrected chi connectivity index (χ0v) is 6.09. The zero-order chi connectivity index (χ0) is 5.11. The summed E-state index contributed by atoms with van der Waals surface area (Å²) in [5, 5.41) is 0. The number of nitrogens with zero attached hydrogens (tertiary/aromatic N) is 2. The van der Waals surface area contributed by atoms with Crippen molar-refractivity contribution < 1.29 is 25.5 Å². The summed E-state index contributed by atoms with van der Waals surface area (Å²) in [5.74, 6) is 0. The Morgan fingerprint density at radius 3 is 2.00 bits per heavy atom. The zero-order valence-electron chi connectivity index (χ0n) is 3.82. The summed E-state index contributed by atoms with van der Waals surface area (Å²) in [5.41, 5.74) is 0. The molecule has 0 amide bonds. The summed E-state index contributed by atoms with van der Waals surface area (Å²) < 4.78 is 11.7. The van der Waals surface area contributed by atoms with Gasteiger partial charge in [-0.2, -0.15) is 4.39 Å². The number of rotatable bonds is 0. The van der Waals surface area contributed by atoms with E-state index >= 15 is 0 Å². The topological polar surface area (TPSA) is 25.8 Å². The predicted octanol–water partition coefficient (Wildman–Crippen LogP) is 0.613. The molecular formula is C4H3FN2Pt. The third kappa shape index (κ3) is 2.12. The van der Waals surface area contributed by atoms with Gasteiger partial charge in [-0.1, -0.05) is 0 Å². The summed E-state index contributed by atoms with van der Waals surface area (Å²) in [6.07, 6.45) is 2.02. The summed E-state index contributed by atoms with van der Waals surface area (Å²) in [4.78, 5) is 6.40. The van der Waals surface area contributed by atoms with Gasteiger partial charge in [0.25, 0.3) is 0 Å². The van der Waals surface area contributed by atoms with Crippen LogP contribution in [0.2, 0.25) is 0 Å². The normalized spacial score (nSPS) is 7.62. The quantitative estimate of drug-likeness (QED) is 0.655. The van der Waals surface area contributed by atoms with Crippen LogP contribution in [-0.4, -0.2) is 9.97 Å². The van der Waals surface area contributed by atoms with E-state index in [1.54, 1.807) is 6.07 Å². The molecule has 0 radical (unpaired) electrons. The van der Waals surface area contributed by atoms with Crippen molar-refractivity contribution in [3.05, 3.63) is 24.5 Å². The van der Waals surface area contributed by atoms with Crippen LogP contribution in [-0.2, 0) is 21.1 Å². The van der Waals surface area contributed by atoms with E-state index in [1.807, 2.05) is 0 Å². The molecule has 0 N–H and O–H groups in total. The molecule has 1 rings (SSSR count). The second-order valence-electron chi connectivity index (χ2n) is 1.02.